The Morgan fingerprint density at radius 3 is 2.90 bits per heavy atom. The highest BCUT2D eigenvalue weighted by atomic mass is 16.5. The van der Waals surface area contributed by atoms with E-state index in [1.165, 1.54) is 0 Å². The van der Waals surface area contributed by atoms with Crippen LogP contribution >= 0.6 is 0 Å². The van der Waals surface area contributed by atoms with Gasteiger partial charge in [0.25, 0.3) is 0 Å². The molecule has 0 saturated heterocycles. The van der Waals surface area contributed by atoms with Crippen molar-refractivity contribution in [3.8, 4) is 0 Å². The highest BCUT2D eigenvalue weighted by molar-refractivity contribution is 5.48. The zero-order valence-corrected chi connectivity index (χ0v) is 12.6. The van der Waals surface area contributed by atoms with Gasteiger partial charge in [-0.25, -0.2) is 4.98 Å². The Kier molecular flexibility index (Phi) is 5.04. The van der Waals surface area contributed by atoms with Crippen LogP contribution in [0, 0.1) is 13.8 Å². The number of rotatable bonds is 7. The average Bonchev–Trinajstić information content (AvgIpc) is 2.89. The summed E-state index contributed by atoms with van der Waals surface area (Å²) in [6.07, 6.45) is 2.64. The maximum atomic E-state index is 5.68. The average molecular weight is 291 g/mol. The van der Waals surface area contributed by atoms with E-state index in [4.69, 9.17) is 10.5 Å². The molecule has 2 aromatic heterocycles. The lowest BCUT2D eigenvalue weighted by Crippen LogP contribution is -2.12. The van der Waals surface area contributed by atoms with Crippen LogP contribution in [-0.4, -0.2) is 38.4 Å². The fraction of sp³-hybridized carbons (Fsp3) is 0.538. The Hall–Kier alpha value is -2.22. The molecule has 0 fully saturated rings. The lowest BCUT2D eigenvalue weighted by molar-refractivity contribution is 0.190. The van der Waals surface area contributed by atoms with Gasteiger partial charge in [0.05, 0.1) is 6.54 Å². The number of aryl methyl sites for hydroxylation is 2. The third-order valence-corrected chi connectivity index (χ3v) is 3.26. The fourth-order valence-electron chi connectivity index (χ4n) is 1.97. The quantitative estimate of drug-likeness (QED) is 0.731. The molecule has 0 bridgehead atoms. The van der Waals surface area contributed by atoms with Crippen LogP contribution < -0.4 is 11.1 Å². The molecule has 114 valence electrons. The molecular weight excluding hydrogens is 270 g/mol. The highest BCUT2D eigenvalue weighted by Gasteiger charge is 2.08. The molecule has 0 aliphatic carbocycles. The molecule has 3 N–H and O–H groups in total. The van der Waals surface area contributed by atoms with Crippen molar-refractivity contribution in [2.24, 2.45) is 0 Å². The van der Waals surface area contributed by atoms with Gasteiger partial charge in [0.1, 0.15) is 12.1 Å². The molecule has 21 heavy (non-hydrogen) atoms. The molecule has 0 spiro atoms. The molecule has 0 aromatic carbocycles. The van der Waals surface area contributed by atoms with Gasteiger partial charge in [-0.15, -0.1) is 10.2 Å². The summed E-state index contributed by atoms with van der Waals surface area (Å²) >= 11 is 0. The van der Waals surface area contributed by atoms with Crippen molar-refractivity contribution < 1.29 is 4.74 Å². The summed E-state index contributed by atoms with van der Waals surface area (Å²) < 4.78 is 7.05. The van der Waals surface area contributed by atoms with Crippen LogP contribution in [0.2, 0.25) is 0 Å². The largest absolute Gasteiger partial charge is 0.385 e. The van der Waals surface area contributed by atoms with Crippen LogP contribution in [0.1, 0.15) is 23.5 Å². The van der Waals surface area contributed by atoms with Crippen molar-refractivity contribution in [2.45, 2.75) is 33.4 Å². The zero-order valence-electron chi connectivity index (χ0n) is 12.6. The number of hydrogen-bond donors (Lipinski definition) is 2. The third-order valence-electron chi connectivity index (χ3n) is 3.26. The van der Waals surface area contributed by atoms with Crippen LogP contribution in [0.15, 0.2) is 6.33 Å². The molecular formula is C13H21N7O. The van der Waals surface area contributed by atoms with E-state index in [1.54, 1.807) is 13.4 Å². The first kappa shape index (κ1) is 15.2. The van der Waals surface area contributed by atoms with E-state index in [2.05, 4.69) is 25.5 Å². The monoisotopic (exact) mass is 291 g/mol. The Balaban J connectivity index is 2.02. The maximum absolute atomic E-state index is 5.68. The van der Waals surface area contributed by atoms with Crippen molar-refractivity contribution in [1.82, 2.24) is 24.7 Å². The summed E-state index contributed by atoms with van der Waals surface area (Å²) in [4.78, 5) is 8.34. The summed E-state index contributed by atoms with van der Waals surface area (Å²) in [5, 5.41) is 11.3. The lowest BCUT2D eigenvalue weighted by Gasteiger charge is -2.11. The Morgan fingerprint density at radius 1 is 1.33 bits per heavy atom. The van der Waals surface area contributed by atoms with Gasteiger partial charge in [-0.1, -0.05) is 0 Å². The maximum Gasteiger partial charge on any atom is 0.222 e. The number of hydrogen-bond acceptors (Lipinski definition) is 7. The topological polar surface area (TPSA) is 104 Å². The molecule has 2 rings (SSSR count). The first-order valence-corrected chi connectivity index (χ1v) is 6.82. The van der Waals surface area contributed by atoms with Crippen molar-refractivity contribution in [2.75, 3.05) is 24.8 Å². The van der Waals surface area contributed by atoms with Gasteiger partial charge in [-0.3, -0.25) is 0 Å². The van der Waals surface area contributed by atoms with Crippen LogP contribution in [0.4, 0.5) is 11.8 Å². The number of nitrogens with two attached hydrogens (primary N) is 1. The molecule has 0 radical (unpaired) electrons. The lowest BCUT2D eigenvalue weighted by atomic mass is 10.2. The number of ether oxygens (including phenoxy) is 1. The summed E-state index contributed by atoms with van der Waals surface area (Å²) in [7, 11) is 1.69. The minimum Gasteiger partial charge on any atom is -0.385 e. The molecule has 0 atom stereocenters. The smallest absolute Gasteiger partial charge is 0.222 e. The zero-order chi connectivity index (χ0) is 15.2. The van der Waals surface area contributed by atoms with Crippen LogP contribution in [0.25, 0.3) is 0 Å². The second-order valence-electron chi connectivity index (χ2n) is 4.78. The molecule has 8 heteroatoms. The Bertz CT molecular complexity index is 596. The van der Waals surface area contributed by atoms with Crippen LogP contribution in [-0.2, 0) is 17.8 Å². The number of nitrogen functional groups attached to an aromatic ring is 1. The SMILES string of the molecule is COCCCn1cnnc1CNc1nc(N)nc(C)c1C. The molecule has 0 aliphatic heterocycles. The van der Waals surface area contributed by atoms with Crippen molar-refractivity contribution in [1.29, 1.82) is 0 Å². The third kappa shape index (κ3) is 3.88. The summed E-state index contributed by atoms with van der Waals surface area (Å²) in [5.74, 6) is 1.84. The molecule has 2 aromatic rings. The number of nitrogens with zero attached hydrogens (tertiary/aromatic N) is 5. The number of methoxy groups -OCH3 is 1. The summed E-state index contributed by atoms with van der Waals surface area (Å²) in [6, 6.07) is 0. The number of aromatic nitrogens is 5. The number of nitrogens with one attached hydrogen (secondary N) is 1. The van der Waals surface area contributed by atoms with Gasteiger partial charge in [-0.2, -0.15) is 4.98 Å². The van der Waals surface area contributed by atoms with Crippen molar-refractivity contribution >= 4 is 11.8 Å². The predicted molar refractivity (Wildman–Crippen MR) is 79.8 cm³/mol. The molecule has 2 heterocycles. The second kappa shape index (κ2) is 6.98. The first-order valence-electron chi connectivity index (χ1n) is 6.82. The van der Waals surface area contributed by atoms with Crippen molar-refractivity contribution in [3.63, 3.8) is 0 Å². The van der Waals surface area contributed by atoms with Gasteiger partial charge < -0.3 is 20.4 Å². The van der Waals surface area contributed by atoms with Crippen LogP contribution in [0.3, 0.4) is 0 Å². The molecule has 0 unspecified atom stereocenters. The minimum atomic E-state index is 0.266. The van der Waals surface area contributed by atoms with Gasteiger partial charge >= 0.3 is 0 Å². The molecule has 8 nitrogen and oxygen atoms in total. The Morgan fingerprint density at radius 2 is 2.14 bits per heavy atom. The normalized spacial score (nSPS) is 10.8. The molecule has 0 aliphatic rings. The minimum absolute atomic E-state index is 0.266. The first-order chi connectivity index (χ1) is 10.1. The van der Waals surface area contributed by atoms with E-state index < -0.39 is 0 Å². The fourth-order valence-corrected chi connectivity index (χ4v) is 1.97. The van der Waals surface area contributed by atoms with Gasteiger partial charge in [-0.05, 0) is 20.3 Å². The van der Waals surface area contributed by atoms with Crippen molar-refractivity contribution in [3.05, 3.63) is 23.4 Å². The summed E-state index contributed by atoms with van der Waals surface area (Å²) in [6.45, 7) is 5.93. The molecule has 0 saturated carbocycles. The molecule has 0 amide bonds. The Labute approximate surface area is 123 Å². The van der Waals surface area contributed by atoms with Gasteiger partial charge in [0.15, 0.2) is 5.82 Å². The van der Waals surface area contributed by atoms with E-state index in [9.17, 15) is 0 Å². The van der Waals surface area contributed by atoms with E-state index in [0.717, 1.165) is 35.9 Å². The predicted octanol–water partition coefficient (Wildman–Crippen LogP) is 0.916. The number of anilines is 2. The van der Waals surface area contributed by atoms with Crippen LogP contribution in [0.5, 0.6) is 0 Å². The van der Waals surface area contributed by atoms with E-state index in [-0.39, 0.29) is 5.95 Å². The van der Waals surface area contributed by atoms with Gasteiger partial charge in [0.2, 0.25) is 5.95 Å². The second-order valence-corrected chi connectivity index (χ2v) is 4.78. The van der Waals surface area contributed by atoms with E-state index in [0.29, 0.717) is 13.2 Å². The van der Waals surface area contributed by atoms with Gasteiger partial charge in [0, 0.05) is 31.5 Å². The highest BCUT2D eigenvalue weighted by Crippen LogP contribution is 2.16. The van der Waals surface area contributed by atoms with E-state index >= 15 is 0 Å². The summed E-state index contributed by atoms with van der Waals surface area (Å²) in [5.41, 5.74) is 7.53. The van der Waals surface area contributed by atoms with E-state index in [1.807, 2.05) is 18.4 Å². The standard InChI is InChI=1S/C13H21N7O/c1-9-10(2)17-13(14)18-12(9)15-7-11-19-16-8-20(11)5-4-6-21-3/h8H,4-7H2,1-3H3,(H3,14,15,17,18).